The lowest BCUT2D eigenvalue weighted by Gasteiger charge is -2.24. The van der Waals surface area contributed by atoms with Crippen molar-refractivity contribution in [3.63, 3.8) is 0 Å². The molecule has 2 aromatic rings. The molecule has 0 saturated carbocycles. The summed E-state index contributed by atoms with van der Waals surface area (Å²) in [5, 5.41) is 0. The van der Waals surface area contributed by atoms with Crippen LogP contribution in [0, 0.1) is 0 Å². The summed E-state index contributed by atoms with van der Waals surface area (Å²) in [5.41, 5.74) is -4.30. The number of nitrogens with one attached hydrogen (secondary N) is 1. The van der Waals surface area contributed by atoms with Crippen molar-refractivity contribution in [3.8, 4) is 0 Å². The van der Waals surface area contributed by atoms with Crippen LogP contribution in [0.25, 0.3) is 0 Å². The second-order valence-corrected chi connectivity index (χ2v) is 8.12. The fourth-order valence-corrected chi connectivity index (χ4v) is 3.89. The number of nitrogens with zero attached hydrogens (tertiary/aromatic N) is 1. The van der Waals surface area contributed by atoms with Gasteiger partial charge in [-0.15, -0.1) is 0 Å². The fraction of sp³-hybridized carbons (Fsp3) is 0.158. The van der Waals surface area contributed by atoms with Crippen LogP contribution in [0.5, 0.6) is 0 Å². The molecule has 31 heavy (non-hydrogen) atoms. The minimum atomic E-state index is -4.81. The zero-order valence-electron chi connectivity index (χ0n) is 15.2. The molecule has 1 aliphatic heterocycles. The highest BCUT2D eigenvalue weighted by atomic mass is 32.2. The van der Waals surface area contributed by atoms with Gasteiger partial charge < -0.3 is 0 Å². The standard InChI is InChI=1S/C19H12F6N2O3S/c20-18(21,22)13-7-5-12(6-8-13)17(9-2-10-26-17)16(28)27-31(29,30)15-4-1-3-14(11-15)19(23,24)25/h1-11H,(H,27,28). The number of hydrogen-bond donors (Lipinski definition) is 1. The molecule has 1 unspecified atom stereocenters. The molecule has 0 aliphatic carbocycles. The van der Waals surface area contributed by atoms with Crippen molar-refractivity contribution in [2.45, 2.75) is 22.8 Å². The highest BCUT2D eigenvalue weighted by Gasteiger charge is 2.42. The van der Waals surface area contributed by atoms with Gasteiger partial charge in [-0.2, -0.15) is 26.3 Å². The highest BCUT2D eigenvalue weighted by Crippen LogP contribution is 2.35. The molecule has 0 aromatic heterocycles. The van der Waals surface area contributed by atoms with Gasteiger partial charge in [0.2, 0.25) is 0 Å². The molecule has 0 radical (unpaired) electrons. The lowest BCUT2D eigenvalue weighted by atomic mass is 9.90. The average molecular weight is 462 g/mol. The Morgan fingerprint density at radius 3 is 2.03 bits per heavy atom. The number of hydrogen-bond acceptors (Lipinski definition) is 4. The van der Waals surface area contributed by atoms with Crippen molar-refractivity contribution in [1.29, 1.82) is 0 Å². The SMILES string of the molecule is O=C(NS(=O)(=O)c1cccc(C(F)(F)F)c1)C1(c2ccc(C(F)(F)F)cc2)C=CC=N1. The lowest BCUT2D eigenvalue weighted by molar-refractivity contribution is -0.138. The molecule has 3 rings (SSSR count). The molecular formula is C19H12F6N2O3S. The van der Waals surface area contributed by atoms with Gasteiger partial charge in [0.15, 0.2) is 5.54 Å². The van der Waals surface area contributed by atoms with Crippen molar-refractivity contribution in [1.82, 2.24) is 4.72 Å². The predicted octanol–water partition coefficient (Wildman–Crippen LogP) is 4.07. The number of carbonyl (C=O) groups excluding carboxylic acids is 1. The van der Waals surface area contributed by atoms with Crippen LogP contribution in [0.1, 0.15) is 16.7 Å². The van der Waals surface area contributed by atoms with E-state index in [4.69, 9.17) is 0 Å². The van der Waals surface area contributed by atoms with Gasteiger partial charge in [-0.3, -0.25) is 9.79 Å². The third-order valence-electron chi connectivity index (χ3n) is 4.40. The van der Waals surface area contributed by atoms with Gasteiger partial charge in [0.1, 0.15) is 0 Å². The zero-order valence-corrected chi connectivity index (χ0v) is 16.0. The molecule has 1 N–H and O–H groups in total. The predicted molar refractivity (Wildman–Crippen MR) is 97.5 cm³/mol. The van der Waals surface area contributed by atoms with E-state index < -0.39 is 49.8 Å². The number of amides is 1. The molecule has 164 valence electrons. The first-order valence-corrected chi connectivity index (χ1v) is 9.89. The van der Waals surface area contributed by atoms with Crippen molar-refractivity contribution in [3.05, 3.63) is 77.4 Å². The summed E-state index contributed by atoms with van der Waals surface area (Å²) in [4.78, 5) is 15.9. The molecule has 0 spiro atoms. The Hall–Kier alpha value is -3.15. The van der Waals surface area contributed by atoms with Gasteiger partial charge in [0, 0.05) is 6.21 Å². The van der Waals surface area contributed by atoms with Gasteiger partial charge in [-0.05, 0) is 48.0 Å². The topological polar surface area (TPSA) is 75.6 Å². The van der Waals surface area contributed by atoms with Gasteiger partial charge >= 0.3 is 12.4 Å². The Kier molecular flexibility index (Phi) is 5.47. The first-order chi connectivity index (χ1) is 14.3. The van der Waals surface area contributed by atoms with Crippen LogP contribution in [-0.2, 0) is 32.7 Å². The van der Waals surface area contributed by atoms with E-state index in [-0.39, 0.29) is 5.56 Å². The van der Waals surface area contributed by atoms with Crippen molar-refractivity contribution < 1.29 is 39.6 Å². The number of aliphatic imine (C=N–C) groups is 1. The van der Waals surface area contributed by atoms with E-state index in [2.05, 4.69) is 4.99 Å². The third kappa shape index (κ3) is 4.48. The average Bonchev–Trinajstić information content (AvgIpc) is 3.18. The quantitative estimate of drug-likeness (QED) is 0.697. The lowest BCUT2D eigenvalue weighted by Crippen LogP contribution is -2.44. The van der Waals surface area contributed by atoms with Gasteiger partial charge in [-0.1, -0.05) is 18.2 Å². The van der Waals surface area contributed by atoms with E-state index in [0.29, 0.717) is 24.3 Å². The first-order valence-electron chi connectivity index (χ1n) is 8.41. The number of halogens is 6. The number of rotatable bonds is 4. The number of carbonyl (C=O) groups is 1. The Morgan fingerprint density at radius 1 is 0.903 bits per heavy atom. The Bertz CT molecular complexity index is 1150. The van der Waals surface area contributed by atoms with Crippen molar-refractivity contribution >= 4 is 22.1 Å². The van der Waals surface area contributed by atoms with Crippen molar-refractivity contribution in [2.24, 2.45) is 4.99 Å². The fourth-order valence-electron chi connectivity index (χ4n) is 2.83. The molecule has 1 aliphatic rings. The van der Waals surface area contributed by atoms with Crippen LogP contribution in [0.4, 0.5) is 26.3 Å². The van der Waals surface area contributed by atoms with Crippen LogP contribution in [0.15, 0.2) is 70.6 Å². The minimum Gasteiger partial charge on any atom is -0.270 e. The number of alkyl halides is 6. The van der Waals surface area contributed by atoms with Crippen LogP contribution < -0.4 is 4.72 Å². The van der Waals surface area contributed by atoms with Crippen molar-refractivity contribution in [2.75, 3.05) is 0 Å². The van der Waals surface area contributed by atoms with E-state index in [1.807, 2.05) is 0 Å². The Morgan fingerprint density at radius 2 is 1.52 bits per heavy atom. The monoisotopic (exact) mass is 462 g/mol. The normalized spacial score (nSPS) is 18.9. The van der Waals surface area contributed by atoms with Gasteiger partial charge in [-0.25, -0.2) is 13.1 Å². The minimum absolute atomic E-state index is 0.0674. The van der Waals surface area contributed by atoms with Crippen LogP contribution in [0.3, 0.4) is 0 Å². The molecule has 1 amide bonds. The van der Waals surface area contributed by atoms with E-state index in [9.17, 15) is 39.6 Å². The van der Waals surface area contributed by atoms with Gasteiger partial charge in [0.05, 0.1) is 16.0 Å². The number of benzene rings is 2. The molecule has 12 heteroatoms. The maximum atomic E-state index is 12.9. The van der Waals surface area contributed by atoms with E-state index >= 15 is 0 Å². The summed E-state index contributed by atoms with van der Waals surface area (Å²) in [6.45, 7) is 0. The molecule has 1 heterocycles. The number of sulfonamides is 1. The third-order valence-corrected chi connectivity index (χ3v) is 5.73. The summed E-state index contributed by atoms with van der Waals surface area (Å²) >= 11 is 0. The molecule has 5 nitrogen and oxygen atoms in total. The summed E-state index contributed by atoms with van der Waals surface area (Å²) < 4.78 is 104. The molecule has 2 aromatic carbocycles. The maximum absolute atomic E-state index is 12.9. The van der Waals surface area contributed by atoms with Crippen LogP contribution in [0.2, 0.25) is 0 Å². The molecular weight excluding hydrogens is 450 g/mol. The van der Waals surface area contributed by atoms with Gasteiger partial charge in [0.25, 0.3) is 15.9 Å². The molecule has 0 bridgehead atoms. The molecule has 1 atom stereocenters. The van der Waals surface area contributed by atoms with E-state index in [1.54, 1.807) is 4.72 Å². The highest BCUT2D eigenvalue weighted by molar-refractivity contribution is 7.90. The maximum Gasteiger partial charge on any atom is 0.416 e. The zero-order chi connectivity index (χ0) is 23.1. The first kappa shape index (κ1) is 22.5. The molecule has 0 fully saturated rings. The molecule has 0 saturated heterocycles. The van der Waals surface area contributed by atoms with Crippen LogP contribution in [-0.4, -0.2) is 20.5 Å². The summed E-state index contributed by atoms with van der Waals surface area (Å²) in [7, 11) is -4.74. The summed E-state index contributed by atoms with van der Waals surface area (Å²) in [6.07, 6.45) is -5.85. The number of allylic oxidation sites excluding steroid dienone is 1. The largest absolute Gasteiger partial charge is 0.416 e. The smallest absolute Gasteiger partial charge is 0.270 e. The Balaban J connectivity index is 1.95. The van der Waals surface area contributed by atoms with E-state index in [0.717, 1.165) is 36.6 Å². The summed E-state index contributed by atoms with van der Waals surface area (Å²) in [6, 6.07) is 6.08. The second kappa shape index (κ2) is 7.52. The second-order valence-electron chi connectivity index (χ2n) is 6.44. The summed E-state index contributed by atoms with van der Waals surface area (Å²) in [5.74, 6) is -1.27. The van der Waals surface area contributed by atoms with E-state index in [1.165, 1.54) is 6.08 Å². The Labute approximate surface area is 172 Å². The van der Waals surface area contributed by atoms with Crippen LogP contribution >= 0.6 is 0 Å².